The number of carbonyl (C=O) groups is 1. The molecule has 1 N–H and O–H groups in total. The van der Waals surface area contributed by atoms with Crippen LogP contribution in [0.2, 0.25) is 0 Å². The van der Waals surface area contributed by atoms with Crippen molar-refractivity contribution >= 4 is 11.7 Å². The maximum atomic E-state index is 13.2. The highest BCUT2D eigenvalue weighted by Crippen LogP contribution is 2.21. The highest BCUT2D eigenvalue weighted by atomic mass is 19.1. The van der Waals surface area contributed by atoms with Crippen molar-refractivity contribution in [3.63, 3.8) is 0 Å². The fraction of sp³-hybridized carbons (Fsp3) is 0.267. The number of aromatic nitrogens is 2. The van der Waals surface area contributed by atoms with Gasteiger partial charge in [-0.2, -0.15) is 0 Å². The quantitative estimate of drug-likeness (QED) is 0.864. The SMILES string of the molecule is O=C(c1cnc(N2CCOCC2)nc1)c1cc(F)ccc1O. The Morgan fingerprint density at radius 1 is 1.23 bits per heavy atom. The van der Waals surface area contributed by atoms with Crippen molar-refractivity contribution in [2.45, 2.75) is 0 Å². The molecule has 1 saturated heterocycles. The number of rotatable bonds is 3. The number of carbonyl (C=O) groups excluding carboxylic acids is 1. The number of phenolic OH excluding ortho intramolecular Hbond substituents is 1. The van der Waals surface area contributed by atoms with Gasteiger partial charge in [-0.25, -0.2) is 14.4 Å². The standard InChI is InChI=1S/C15H14FN3O3/c16-11-1-2-13(20)12(7-11)14(21)10-8-17-15(18-9-10)19-3-5-22-6-4-19/h1-2,7-9,20H,3-6H2. The van der Waals surface area contributed by atoms with Crippen molar-refractivity contribution in [3.8, 4) is 5.75 Å². The van der Waals surface area contributed by atoms with E-state index >= 15 is 0 Å². The molecule has 2 aromatic rings. The number of anilines is 1. The Labute approximate surface area is 126 Å². The zero-order chi connectivity index (χ0) is 15.5. The fourth-order valence-corrected chi connectivity index (χ4v) is 2.21. The summed E-state index contributed by atoms with van der Waals surface area (Å²) >= 11 is 0. The van der Waals surface area contributed by atoms with E-state index in [1.54, 1.807) is 0 Å². The molecule has 114 valence electrons. The summed E-state index contributed by atoms with van der Waals surface area (Å²) in [6.07, 6.45) is 2.76. The van der Waals surface area contributed by atoms with Crippen molar-refractivity contribution in [1.82, 2.24) is 9.97 Å². The first-order chi connectivity index (χ1) is 10.6. The van der Waals surface area contributed by atoms with Gasteiger partial charge in [0.05, 0.1) is 24.3 Å². The summed E-state index contributed by atoms with van der Waals surface area (Å²) in [6.45, 7) is 2.61. The maximum Gasteiger partial charge on any atom is 0.225 e. The van der Waals surface area contributed by atoms with Gasteiger partial charge >= 0.3 is 0 Å². The second-order valence-electron chi connectivity index (χ2n) is 4.86. The van der Waals surface area contributed by atoms with Gasteiger partial charge in [-0.3, -0.25) is 4.79 Å². The summed E-state index contributed by atoms with van der Waals surface area (Å²) in [5.74, 6) is -0.871. The number of ether oxygens (including phenoxy) is 1. The highest BCUT2D eigenvalue weighted by Gasteiger charge is 2.17. The summed E-state index contributed by atoms with van der Waals surface area (Å²) in [5, 5.41) is 9.67. The monoisotopic (exact) mass is 303 g/mol. The minimum absolute atomic E-state index is 0.109. The molecule has 0 atom stereocenters. The molecule has 0 unspecified atom stereocenters. The van der Waals surface area contributed by atoms with Crippen LogP contribution in [0.15, 0.2) is 30.6 Å². The number of hydrogen-bond acceptors (Lipinski definition) is 6. The Kier molecular flexibility index (Phi) is 3.97. The van der Waals surface area contributed by atoms with Gasteiger partial charge in [-0.1, -0.05) is 0 Å². The number of phenols is 1. The molecule has 6 nitrogen and oxygen atoms in total. The molecule has 0 radical (unpaired) electrons. The lowest BCUT2D eigenvalue weighted by Gasteiger charge is -2.26. The first kappa shape index (κ1) is 14.4. The molecule has 0 bridgehead atoms. The Balaban J connectivity index is 1.82. The van der Waals surface area contributed by atoms with Crippen molar-refractivity contribution in [1.29, 1.82) is 0 Å². The van der Waals surface area contributed by atoms with E-state index in [1.165, 1.54) is 12.4 Å². The summed E-state index contributed by atoms with van der Waals surface area (Å²) < 4.78 is 18.5. The average molecular weight is 303 g/mol. The van der Waals surface area contributed by atoms with Crippen LogP contribution in [0.5, 0.6) is 5.75 Å². The molecule has 0 aliphatic carbocycles. The van der Waals surface area contributed by atoms with Crippen molar-refractivity contribution in [2.75, 3.05) is 31.2 Å². The predicted molar refractivity (Wildman–Crippen MR) is 76.6 cm³/mol. The lowest BCUT2D eigenvalue weighted by molar-refractivity contribution is 0.103. The van der Waals surface area contributed by atoms with Gasteiger partial charge in [0.15, 0.2) is 5.78 Å². The number of hydrogen-bond donors (Lipinski definition) is 1. The van der Waals surface area contributed by atoms with Gasteiger partial charge in [0.1, 0.15) is 11.6 Å². The van der Waals surface area contributed by atoms with Crippen LogP contribution in [-0.4, -0.2) is 47.2 Å². The number of morpholine rings is 1. The lowest BCUT2D eigenvalue weighted by atomic mass is 10.1. The van der Waals surface area contributed by atoms with E-state index in [4.69, 9.17) is 4.74 Å². The molecule has 1 aliphatic rings. The molecule has 0 saturated carbocycles. The van der Waals surface area contributed by atoms with E-state index in [0.29, 0.717) is 32.3 Å². The van der Waals surface area contributed by atoms with E-state index in [9.17, 15) is 14.3 Å². The Bertz CT molecular complexity index is 685. The van der Waals surface area contributed by atoms with E-state index in [0.717, 1.165) is 18.2 Å². The van der Waals surface area contributed by atoms with Crippen LogP contribution < -0.4 is 4.90 Å². The zero-order valence-electron chi connectivity index (χ0n) is 11.7. The fourth-order valence-electron chi connectivity index (χ4n) is 2.21. The molecule has 2 heterocycles. The van der Waals surface area contributed by atoms with E-state index in [1.807, 2.05) is 4.90 Å². The number of benzene rings is 1. The second kappa shape index (κ2) is 6.07. The first-order valence-electron chi connectivity index (χ1n) is 6.83. The number of ketones is 1. The third-order valence-electron chi connectivity index (χ3n) is 3.40. The molecule has 1 aromatic carbocycles. The predicted octanol–water partition coefficient (Wildman–Crippen LogP) is 1.39. The number of halogens is 1. The van der Waals surface area contributed by atoms with Crippen molar-refractivity contribution < 1.29 is 19.0 Å². The van der Waals surface area contributed by atoms with Gasteiger partial charge in [0.25, 0.3) is 0 Å². The summed E-state index contributed by atoms with van der Waals surface area (Å²) in [5.41, 5.74) is 0.0839. The molecule has 0 spiro atoms. The van der Waals surface area contributed by atoms with Gasteiger partial charge in [-0.15, -0.1) is 0 Å². The van der Waals surface area contributed by atoms with Gasteiger partial charge in [0, 0.05) is 25.5 Å². The largest absolute Gasteiger partial charge is 0.507 e. The molecule has 1 aromatic heterocycles. The normalized spacial score (nSPS) is 14.9. The van der Waals surface area contributed by atoms with E-state index in [2.05, 4.69) is 9.97 Å². The Morgan fingerprint density at radius 3 is 2.59 bits per heavy atom. The minimum atomic E-state index is -0.591. The topological polar surface area (TPSA) is 75.6 Å². The third kappa shape index (κ3) is 2.89. The molecular weight excluding hydrogens is 289 g/mol. The van der Waals surface area contributed by atoms with Crippen LogP contribution in [0.25, 0.3) is 0 Å². The number of nitrogens with zero attached hydrogens (tertiary/aromatic N) is 3. The van der Waals surface area contributed by atoms with Crippen molar-refractivity contribution in [3.05, 3.63) is 47.5 Å². The maximum absolute atomic E-state index is 13.2. The van der Waals surface area contributed by atoms with Gasteiger partial charge < -0.3 is 14.7 Å². The third-order valence-corrected chi connectivity index (χ3v) is 3.40. The van der Waals surface area contributed by atoms with Crippen LogP contribution in [0, 0.1) is 5.82 Å². The van der Waals surface area contributed by atoms with Crippen LogP contribution in [-0.2, 0) is 4.74 Å². The van der Waals surface area contributed by atoms with E-state index in [-0.39, 0.29) is 16.9 Å². The zero-order valence-corrected chi connectivity index (χ0v) is 11.7. The van der Waals surface area contributed by atoms with Crippen LogP contribution in [0.1, 0.15) is 15.9 Å². The highest BCUT2D eigenvalue weighted by molar-refractivity contribution is 6.10. The van der Waals surface area contributed by atoms with Gasteiger partial charge in [0.2, 0.25) is 5.95 Å². The smallest absolute Gasteiger partial charge is 0.225 e. The summed E-state index contributed by atoms with van der Waals surface area (Å²) in [4.78, 5) is 22.6. The first-order valence-corrected chi connectivity index (χ1v) is 6.83. The van der Waals surface area contributed by atoms with Crippen LogP contribution in [0.3, 0.4) is 0 Å². The van der Waals surface area contributed by atoms with Crippen molar-refractivity contribution in [2.24, 2.45) is 0 Å². The summed E-state index contributed by atoms with van der Waals surface area (Å²) in [7, 11) is 0. The molecule has 1 fully saturated rings. The molecule has 1 aliphatic heterocycles. The molecular formula is C15H14FN3O3. The average Bonchev–Trinajstić information content (AvgIpc) is 2.57. The lowest BCUT2D eigenvalue weighted by Crippen LogP contribution is -2.37. The summed E-state index contributed by atoms with van der Waals surface area (Å²) in [6, 6.07) is 3.23. The number of aromatic hydroxyl groups is 1. The molecule has 7 heteroatoms. The van der Waals surface area contributed by atoms with Gasteiger partial charge in [-0.05, 0) is 18.2 Å². The minimum Gasteiger partial charge on any atom is -0.507 e. The molecule has 0 amide bonds. The Morgan fingerprint density at radius 2 is 1.91 bits per heavy atom. The molecule has 22 heavy (non-hydrogen) atoms. The second-order valence-corrected chi connectivity index (χ2v) is 4.86. The van der Waals surface area contributed by atoms with E-state index < -0.39 is 11.6 Å². The Hall–Kier alpha value is -2.54. The molecule has 3 rings (SSSR count). The van der Waals surface area contributed by atoms with Crippen LogP contribution >= 0.6 is 0 Å². The van der Waals surface area contributed by atoms with Crippen LogP contribution in [0.4, 0.5) is 10.3 Å².